The number of aryl methyl sites for hydroxylation is 1. The van der Waals surface area contributed by atoms with Crippen LogP contribution in [0, 0.1) is 6.92 Å². The Hall–Kier alpha value is -3.87. The Balaban J connectivity index is 1.63. The van der Waals surface area contributed by atoms with E-state index in [2.05, 4.69) is 15.2 Å². The first-order valence-electron chi connectivity index (χ1n) is 10.3. The van der Waals surface area contributed by atoms with E-state index in [1.165, 1.54) is 6.21 Å². The molecule has 1 heterocycles. The molecule has 3 aromatic rings. The molecule has 0 saturated carbocycles. The Morgan fingerprint density at radius 2 is 1.84 bits per heavy atom. The van der Waals surface area contributed by atoms with Gasteiger partial charge in [0, 0.05) is 30.3 Å². The third-order valence-electron chi connectivity index (χ3n) is 5.67. The number of ketones is 1. The number of aliphatic hydroxyl groups excluding tert-OH is 1. The predicted molar refractivity (Wildman–Crippen MR) is 123 cm³/mol. The third-order valence-corrected chi connectivity index (χ3v) is 5.67. The first-order chi connectivity index (χ1) is 15.5. The van der Waals surface area contributed by atoms with Gasteiger partial charge in [-0.15, -0.1) is 0 Å². The summed E-state index contributed by atoms with van der Waals surface area (Å²) in [6.07, 6.45) is 2.15. The molecule has 4 rings (SSSR count). The number of H-pyrrole nitrogens is 1. The molecule has 0 amide bonds. The molecule has 1 aromatic heterocycles. The van der Waals surface area contributed by atoms with Crippen LogP contribution in [0.2, 0.25) is 0 Å². The Morgan fingerprint density at radius 1 is 1.09 bits per heavy atom. The molecule has 164 valence electrons. The zero-order valence-electron chi connectivity index (χ0n) is 18.3. The number of aromatic amines is 1. The number of aromatic nitrogens is 2. The molecule has 0 aliphatic heterocycles. The minimum absolute atomic E-state index is 0.0317. The van der Waals surface area contributed by atoms with E-state index in [0.717, 1.165) is 22.4 Å². The van der Waals surface area contributed by atoms with E-state index in [1.54, 1.807) is 14.2 Å². The van der Waals surface area contributed by atoms with Crippen molar-refractivity contribution in [2.45, 2.75) is 25.7 Å². The van der Waals surface area contributed by atoms with Gasteiger partial charge in [-0.05, 0) is 36.1 Å². The van der Waals surface area contributed by atoms with Gasteiger partial charge in [0.1, 0.15) is 5.76 Å². The largest absolute Gasteiger partial charge is 0.511 e. The van der Waals surface area contributed by atoms with Gasteiger partial charge in [0.2, 0.25) is 0 Å². The molecular formula is C25H25N3O4. The van der Waals surface area contributed by atoms with Gasteiger partial charge in [-0.2, -0.15) is 5.10 Å². The van der Waals surface area contributed by atoms with E-state index < -0.39 is 0 Å². The Labute approximate surface area is 186 Å². The van der Waals surface area contributed by atoms with Crippen molar-refractivity contribution in [1.29, 1.82) is 0 Å². The van der Waals surface area contributed by atoms with Gasteiger partial charge in [-0.3, -0.25) is 9.89 Å². The topological polar surface area (TPSA) is 96.8 Å². The summed E-state index contributed by atoms with van der Waals surface area (Å²) in [5.41, 5.74) is 3.73. The van der Waals surface area contributed by atoms with Gasteiger partial charge in [0.05, 0.1) is 19.8 Å². The number of aliphatic hydroxyl groups is 1. The van der Waals surface area contributed by atoms with Crippen molar-refractivity contribution >= 4 is 17.8 Å². The predicted octanol–water partition coefficient (Wildman–Crippen LogP) is 5.06. The number of rotatable bonds is 6. The maximum Gasteiger partial charge on any atom is 0.181 e. The highest BCUT2D eigenvalue weighted by Gasteiger charge is 2.28. The van der Waals surface area contributed by atoms with Crippen LogP contribution < -0.4 is 9.47 Å². The number of benzene rings is 2. The summed E-state index contributed by atoms with van der Waals surface area (Å²) in [7, 11) is 3.16. The van der Waals surface area contributed by atoms with E-state index >= 15 is 0 Å². The summed E-state index contributed by atoms with van der Waals surface area (Å²) < 4.78 is 10.7. The molecule has 32 heavy (non-hydrogen) atoms. The quantitative estimate of drug-likeness (QED) is 0.532. The molecule has 1 atom stereocenters. The van der Waals surface area contributed by atoms with Crippen LogP contribution in [0.3, 0.4) is 0 Å². The Bertz CT molecular complexity index is 1200. The summed E-state index contributed by atoms with van der Waals surface area (Å²) in [5.74, 6) is 1.53. The van der Waals surface area contributed by atoms with E-state index in [4.69, 9.17) is 9.47 Å². The van der Waals surface area contributed by atoms with Crippen LogP contribution in [0.15, 0.2) is 64.9 Å². The Morgan fingerprint density at radius 3 is 2.53 bits per heavy atom. The van der Waals surface area contributed by atoms with Crippen molar-refractivity contribution in [3.05, 3.63) is 71.1 Å². The number of carbonyl (C=O) groups excluding carboxylic acids is 1. The fraction of sp³-hybridized carbons (Fsp3) is 0.240. The highest BCUT2D eigenvalue weighted by molar-refractivity contribution is 6.15. The van der Waals surface area contributed by atoms with Gasteiger partial charge < -0.3 is 14.6 Å². The number of allylic oxidation sites excluding steroid dienone is 2. The summed E-state index contributed by atoms with van der Waals surface area (Å²) >= 11 is 0. The van der Waals surface area contributed by atoms with Gasteiger partial charge >= 0.3 is 0 Å². The lowest BCUT2D eigenvalue weighted by molar-refractivity contribution is -0.116. The molecule has 0 radical (unpaired) electrons. The zero-order valence-corrected chi connectivity index (χ0v) is 18.3. The second-order valence-corrected chi connectivity index (χ2v) is 7.67. The summed E-state index contributed by atoms with van der Waals surface area (Å²) in [6, 6.07) is 15.3. The van der Waals surface area contributed by atoms with Gasteiger partial charge in [-0.25, -0.2) is 4.99 Å². The van der Waals surface area contributed by atoms with Crippen molar-refractivity contribution in [2.24, 2.45) is 4.99 Å². The van der Waals surface area contributed by atoms with Crippen LogP contribution in [0.25, 0.3) is 11.1 Å². The molecule has 0 bridgehead atoms. The highest BCUT2D eigenvalue weighted by Crippen LogP contribution is 2.38. The van der Waals surface area contributed by atoms with Crippen LogP contribution in [0.5, 0.6) is 11.5 Å². The molecule has 1 unspecified atom stereocenters. The number of hydrogen-bond acceptors (Lipinski definition) is 6. The summed E-state index contributed by atoms with van der Waals surface area (Å²) in [5, 5.41) is 17.8. The number of nitrogens with one attached hydrogen (secondary N) is 1. The molecule has 1 aliphatic rings. The SMILES string of the molecule is COc1ccc(-c2c(N=CC3=C(O)CC(c4ccccc4)CC3=O)n[nH]c2C)cc1OC. The number of hydrogen-bond donors (Lipinski definition) is 2. The van der Waals surface area contributed by atoms with Crippen LogP contribution >= 0.6 is 0 Å². The fourth-order valence-corrected chi connectivity index (χ4v) is 3.99. The van der Waals surface area contributed by atoms with Crippen LogP contribution in [0.1, 0.15) is 30.0 Å². The molecule has 2 N–H and O–H groups in total. The normalized spacial score (nSPS) is 16.6. The van der Waals surface area contributed by atoms with Gasteiger partial charge in [-0.1, -0.05) is 36.4 Å². The summed E-state index contributed by atoms with van der Waals surface area (Å²) in [4.78, 5) is 17.2. The van der Waals surface area contributed by atoms with E-state index in [9.17, 15) is 9.90 Å². The lowest BCUT2D eigenvalue weighted by atomic mass is 9.83. The number of aliphatic imine (C=N–C) groups is 1. The third kappa shape index (κ3) is 4.14. The molecule has 7 heteroatoms. The van der Waals surface area contributed by atoms with E-state index in [0.29, 0.717) is 30.2 Å². The van der Waals surface area contributed by atoms with Crippen molar-refractivity contribution in [2.75, 3.05) is 14.2 Å². The van der Waals surface area contributed by atoms with Crippen molar-refractivity contribution < 1.29 is 19.4 Å². The second-order valence-electron chi connectivity index (χ2n) is 7.67. The molecular weight excluding hydrogens is 406 g/mol. The van der Waals surface area contributed by atoms with Crippen LogP contribution in [0.4, 0.5) is 5.82 Å². The average Bonchev–Trinajstić information content (AvgIpc) is 3.18. The number of methoxy groups -OCH3 is 2. The lowest BCUT2D eigenvalue weighted by Crippen LogP contribution is -2.19. The smallest absolute Gasteiger partial charge is 0.181 e. The number of ether oxygens (including phenoxy) is 2. The van der Waals surface area contributed by atoms with Gasteiger partial charge in [0.25, 0.3) is 0 Å². The lowest BCUT2D eigenvalue weighted by Gasteiger charge is -2.22. The maximum atomic E-state index is 12.8. The second kappa shape index (κ2) is 9.09. The van der Waals surface area contributed by atoms with Crippen molar-refractivity contribution in [1.82, 2.24) is 10.2 Å². The van der Waals surface area contributed by atoms with Gasteiger partial charge in [0.15, 0.2) is 23.1 Å². The molecule has 1 aliphatic carbocycles. The Kier molecular flexibility index (Phi) is 6.07. The standard InChI is InChI=1S/C25H25N3O4/c1-15-24(17-9-10-22(31-2)23(13-17)32-3)25(28-27-15)26-14-19-20(29)11-18(12-21(19)30)16-7-5-4-6-8-16/h4-10,13-14,18,29H,11-12H2,1-3H3,(H,27,28). The number of nitrogens with zero attached hydrogens (tertiary/aromatic N) is 2. The minimum atomic E-state index is -0.133. The molecule has 0 fully saturated rings. The highest BCUT2D eigenvalue weighted by atomic mass is 16.5. The minimum Gasteiger partial charge on any atom is -0.511 e. The summed E-state index contributed by atoms with van der Waals surface area (Å²) in [6.45, 7) is 1.89. The fourth-order valence-electron chi connectivity index (χ4n) is 3.99. The molecule has 0 saturated heterocycles. The van der Waals surface area contributed by atoms with Crippen LogP contribution in [-0.2, 0) is 4.79 Å². The first kappa shape index (κ1) is 21.4. The zero-order chi connectivity index (χ0) is 22.7. The monoisotopic (exact) mass is 431 g/mol. The van der Waals surface area contributed by atoms with E-state index in [-0.39, 0.29) is 23.0 Å². The number of carbonyl (C=O) groups is 1. The molecule has 7 nitrogen and oxygen atoms in total. The average molecular weight is 431 g/mol. The maximum absolute atomic E-state index is 12.8. The van der Waals surface area contributed by atoms with Crippen LogP contribution in [-0.4, -0.2) is 41.5 Å². The van der Waals surface area contributed by atoms with E-state index in [1.807, 2.05) is 55.5 Å². The molecule has 0 spiro atoms. The number of Topliss-reactive ketones (excluding diaryl/α,β-unsaturated/α-hetero) is 1. The first-order valence-corrected chi connectivity index (χ1v) is 10.3. The van der Waals surface area contributed by atoms with Crippen molar-refractivity contribution in [3.63, 3.8) is 0 Å². The molecule has 2 aromatic carbocycles. The van der Waals surface area contributed by atoms with Crippen molar-refractivity contribution in [3.8, 4) is 22.6 Å².